The van der Waals surface area contributed by atoms with Gasteiger partial charge in [0.1, 0.15) is 12.4 Å². The van der Waals surface area contributed by atoms with E-state index in [4.69, 9.17) is 0 Å². The molecule has 0 amide bonds. The number of ketones is 1. The average molecular weight is 312 g/mol. The maximum atomic E-state index is 12.9. The van der Waals surface area contributed by atoms with Crippen LogP contribution in [0.3, 0.4) is 0 Å². The normalized spacial score (nSPS) is 22.6. The van der Waals surface area contributed by atoms with Crippen molar-refractivity contribution in [2.24, 2.45) is 12.5 Å². The molecule has 1 aliphatic carbocycles. The minimum Gasteiger partial charge on any atom is -0.328 e. The van der Waals surface area contributed by atoms with Crippen LogP contribution >= 0.6 is 0 Å². The van der Waals surface area contributed by atoms with Gasteiger partial charge in [-0.15, -0.1) is 0 Å². The second kappa shape index (κ2) is 4.53. The average Bonchev–Trinajstić information content (AvgIpc) is 3.01. The maximum Gasteiger partial charge on any atom is 0.226 e. The number of nitrogens with one attached hydrogen (secondary N) is 1. The smallest absolute Gasteiger partial charge is 0.226 e. The summed E-state index contributed by atoms with van der Waals surface area (Å²) in [6, 6.07) is -0.249. The number of hydrogen-bond acceptors (Lipinski definition) is 5. The summed E-state index contributed by atoms with van der Waals surface area (Å²) in [5.74, 6) is 0.862. The number of anilines is 1. The third-order valence-electron chi connectivity index (χ3n) is 4.62. The summed E-state index contributed by atoms with van der Waals surface area (Å²) in [6.07, 6.45) is 4.87. The molecule has 0 radical (unpaired) electrons. The molecule has 0 saturated carbocycles. The van der Waals surface area contributed by atoms with Gasteiger partial charge in [0, 0.05) is 36.5 Å². The molecule has 120 valence electrons. The summed E-state index contributed by atoms with van der Waals surface area (Å²) in [5, 5.41) is 12.1. The number of allylic oxidation sites excluding steroid dienone is 2. The first kappa shape index (κ1) is 14.2. The largest absolute Gasteiger partial charge is 0.328 e. The summed E-state index contributed by atoms with van der Waals surface area (Å²) < 4.78 is 3.57. The molecule has 1 aliphatic heterocycles. The molecule has 2 aliphatic rings. The monoisotopic (exact) mass is 312 g/mol. The summed E-state index contributed by atoms with van der Waals surface area (Å²) in [6.45, 7) is 6.21. The SMILES string of the molecule is Cc1nn(C)cc1[C@@H]1C2=C(CC(C)(C)CC2=O)Nc2ncnn21. The lowest BCUT2D eigenvalue weighted by atomic mass is 9.73. The van der Waals surface area contributed by atoms with Crippen LogP contribution in [0, 0.1) is 12.3 Å². The Bertz CT molecular complexity index is 841. The summed E-state index contributed by atoms with van der Waals surface area (Å²) >= 11 is 0. The van der Waals surface area contributed by atoms with Crippen molar-refractivity contribution in [3.05, 3.63) is 35.1 Å². The first-order chi connectivity index (χ1) is 10.9. The highest BCUT2D eigenvalue weighted by molar-refractivity contribution is 6.00. The van der Waals surface area contributed by atoms with E-state index in [9.17, 15) is 4.79 Å². The quantitative estimate of drug-likeness (QED) is 0.871. The lowest BCUT2D eigenvalue weighted by Gasteiger charge is -2.38. The van der Waals surface area contributed by atoms with E-state index < -0.39 is 0 Å². The zero-order valence-corrected chi connectivity index (χ0v) is 13.8. The minimum absolute atomic E-state index is 0.0420. The van der Waals surface area contributed by atoms with E-state index in [1.807, 2.05) is 20.2 Å². The number of carbonyl (C=O) groups is 1. The van der Waals surface area contributed by atoms with E-state index >= 15 is 0 Å². The van der Waals surface area contributed by atoms with E-state index in [-0.39, 0.29) is 17.2 Å². The zero-order chi connectivity index (χ0) is 16.4. The first-order valence-electron chi connectivity index (χ1n) is 7.79. The van der Waals surface area contributed by atoms with Crippen LogP contribution in [0.5, 0.6) is 0 Å². The first-order valence-corrected chi connectivity index (χ1v) is 7.79. The predicted octanol–water partition coefficient (Wildman–Crippen LogP) is 1.98. The number of fused-ring (bicyclic) bond motifs is 1. The van der Waals surface area contributed by atoms with Crippen molar-refractivity contribution in [3.63, 3.8) is 0 Å². The topological polar surface area (TPSA) is 77.6 Å². The van der Waals surface area contributed by atoms with Gasteiger partial charge in [-0.3, -0.25) is 9.48 Å². The van der Waals surface area contributed by atoms with Crippen LogP contribution in [0.15, 0.2) is 23.8 Å². The Morgan fingerprint density at radius 2 is 2.13 bits per heavy atom. The second-order valence-electron chi connectivity index (χ2n) is 7.23. The molecule has 23 heavy (non-hydrogen) atoms. The predicted molar refractivity (Wildman–Crippen MR) is 84.8 cm³/mol. The molecule has 1 N–H and O–H groups in total. The van der Waals surface area contributed by atoms with Gasteiger partial charge in [-0.2, -0.15) is 15.2 Å². The number of nitrogens with zero attached hydrogens (tertiary/aromatic N) is 5. The number of carbonyl (C=O) groups excluding carboxylic acids is 1. The molecule has 0 fully saturated rings. The molecule has 2 aromatic heterocycles. The Balaban J connectivity index is 1.93. The van der Waals surface area contributed by atoms with Crippen molar-refractivity contribution in [2.75, 3.05) is 5.32 Å². The van der Waals surface area contributed by atoms with E-state index in [0.717, 1.165) is 28.9 Å². The van der Waals surface area contributed by atoms with Crippen molar-refractivity contribution < 1.29 is 4.79 Å². The van der Waals surface area contributed by atoms with Crippen LogP contribution in [-0.4, -0.2) is 30.3 Å². The molecule has 0 aromatic carbocycles. The fourth-order valence-corrected chi connectivity index (χ4v) is 3.72. The fourth-order valence-electron chi connectivity index (χ4n) is 3.72. The number of hydrogen-bond donors (Lipinski definition) is 1. The lowest BCUT2D eigenvalue weighted by Crippen LogP contribution is -2.36. The molecule has 1 atom stereocenters. The number of aryl methyl sites for hydroxylation is 2. The van der Waals surface area contributed by atoms with Gasteiger partial charge >= 0.3 is 0 Å². The summed E-state index contributed by atoms with van der Waals surface area (Å²) in [5.41, 5.74) is 3.64. The zero-order valence-electron chi connectivity index (χ0n) is 13.8. The minimum atomic E-state index is -0.249. The van der Waals surface area contributed by atoms with Crippen LogP contribution in [0.1, 0.15) is 44.0 Å². The Morgan fingerprint density at radius 1 is 1.35 bits per heavy atom. The van der Waals surface area contributed by atoms with Crippen molar-refractivity contribution >= 4 is 11.7 Å². The van der Waals surface area contributed by atoms with Gasteiger partial charge in [0.05, 0.1) is 5.69 Å². The Labute approximate surface area is 134 Å². The Morgan fingerprint density at radius 3 is 2.83 bits per heavy atom. The highest BCUT2D eigenvalue weighted by Gasteiger charge is 2.42. The van der Waals surface area contributed by atoms with Gasteiger partial charge in [0.25, 0.3) is 0 Å². The van der Waals surface area contributed by atoms with Crippen molar-refractivity contribution in [2.45, 2.75) is 39.7 Å². The molecule has 4 rings (SSSR count). The van der Waals surface area contributed by atoms with Crippen molar-refractivity contribution in [1.29, 1.82) is 0 Å². The lowest BCUT2D eigenvalue weighted by molar-refractivity contribution is -0.118. The molecule has 7 heteroatoms. The van der Waals surface area contributed by atoms with Crippen LogP contribution in [-0.2, 0) is 11.8 Å². The van der Waals surface area contributed by atoms with Gasteiger partial charge in [-0.25, -0.2) is 4.68 Å². The highest BCUT2D eigenvalue weighted by atomic mass is 16.1. The molecular weight excluding hydrogens is 292 g/mol. The van der Waals surface area contributed by atoms with Crippen LogP contribution in [0.4, 0.5) is 5.95 Å². The molecule has 0 saturated heterocycles. The van der Waals surface area contributed by atoms with E-state index in [0.29, 0.717) is 12.4 Å². The van der Waals surface area contributed by atoms with Gasteiger partial charge in [0.2, 0.25) is 5.95 Å². The van der Waals surface area contributed by atoms with Crippen LogP contribution < -0.4 is 5.32 Å². The molecule has 7 nitrogen and oxygen atoms in total. The summed E-state index contributed by atoms with van der Waals surface area (Å²) in [4.78, 5) is 17.2. The van der Waals surface area contributed by atoms with Gasteiger partial charge in [0.15, 0.2) is 5.78 Å². The fraction of sp³-hybridized carbons (Fsp3) is 0.500. The van der Waals surface area contributed by atoms with E-state index in [2.05, 4.69) is 34.3 Å². The maximum absolute atomic E-state index is 12.9. The molecule has 0 unspecified atom stereocenters. The standard InChI is InChI=1S/C16H20N6O/c1-9-10(7-21(4)20-9)14-13-11(5-16(2,3)6-12(13)23)19-15-17-8-18-22(14)15/h7-8,14H,5-6H2,1-4H3,(H,17,18,19)/t14-/m1/s1. The molecule has 3 heterocycles. The van der Waals surface area contributed by atoms with Gasteiger partial charge in [-0.05, 0) is 18.8 Å². The van der Waals surface area contributed by atoms with Crippen LogP contribution in [0.2, 0.25) is 0 Å². The van der Waals surface area contributed by atoms with Gasteiger partial charge in [-0.1, -0.05) is 13.8 Å². The Kier molecular flexibility index (Phi) is 2.79. The molecule has 0 bridgehead atoms. The third kappa shape index (κ3) is 2.10. The second-order valence-corrected chi connectivity index (χ2v) is 7.23. The summed E-state index contributed by atoms with van der Waals surface area (Å²) in [7, 11) is 1.89. The molecular formula is C16H20N6O. The number of Topliss-reactive ketones (excluding diaryl/α,β-unsaturated/α-hetero) is 1. The molecule has 0 spiro atoms. The van der Waals surface area contributed by atoms with Crippen LogP contribution in [0.25, 0.3) is 0 Å². The van der Waals surface area contributed by atoms with Crippen molar-refractivity contribution in [1.82, 2.24) is 24.5 Å². The molecule has 2 aromatic rings. The third-order valence-corrected chi connectivity index (χ3v) is 4.62. The van der Waals surface area contributed by atoms with Gasteiger partial charge < -0.3 is 5.32 Å². The highest BCUT2D eigenvalue weighted by Crippen LogP contribution is 2.45. The number of aromatic nitrogens is 5. The van der Waals surface area contributed by atoms with E-state index in [1.165, 1.54) is 6.33 Å². The van der Waals surface area contributed by atoms with Crippen molar-refractivity contribution in [3.8, 4) is 0 Å². The Hall–Kier alpha value is -2.44. The van der Waals surface area contributed by atoms with E-state index in [1.54, 1.807) is 9.36 Å². The number of rotatable bonds is 1.